The molecular formula is C24H30F4O5. The lowest BCUT2D eigenvalue weighted by Gasteiger charge is -2.64. The first-order valence-corrected chi connectivity index (χ1v) is 11.6. The first-order chi connectivity index (χ1) is 15.1. The molecule has 0 bridgehead atoms. The molecule has 5 rings (SSSR count). The van der Waals surface area contributed by atoms with Crippen LogP contribution in [0.15, 0.2) is 11.6 Å². The van der Waals surface area contributed by atoms with Crippen molar-refractivity contribution in [3.05, 3.63) is 11.6 Å². The van der Waals surface area contributed by atoms with Crippen molar-refractivity contribution < 1.29 is 41.7 Å². The minimum atomic E-state index is -3.34. The molecule has 4 aliphatic carbocycles. The minimum absolute atomic E-state index is 0.0383. The zero-order valence-electron chi connectivity index (χ0n) is 19.2. The van der Waals surface area contributed by atoms with Gasteiger partial charge in [0.2, 0.25) is 5.78 Å². The highest BCUT2D eigenvalue weighted by Gasteiger charge is 2.81. The number of hydrogen-bond acceptors (Lipinski definition) is 5. The summed E-state index contributed by atoms with van der Waals surface area (Å²) in [6.45, 7) is 6.16. The third-order valence-electron chi connectivity index (χ3n) is 9.58. The molecule has 9 heteroatoms. The lowest BCUT2D eigenvalue weighted by atomic mass is 9.43. The average Bonchev–Trinajstić information content (AvgIpc) is 3.11. The van der Waals surface area contributed by atoms with E-state index in [9.17, 15) is 23.5 Å². The van der Waals surface area contributed by atoms with Crippen LogP contribution in [-0.4, -0.2) is 58.5 Å². The number of aliphatic hydroxyl groups excluding tert-OH is 1. The fourth-order valence-electron chi connectivity index (χ4n) is 8.26. The predicted octanol–water partition coefficient (Wildman–Crippen LogP) is 3.86. The number of ether oxygens (including phenoxy) is 2. The Labute approximate surface area is 189 Å². The van der Waals surface area contributed by atoms with Crippen LogP contribution in [0.4, 0.5) is 17.6 Å². The average molecular weight is 474 g/mol. The molecule has 0 aromatic heterocycles. The number of allylic oxidation sites excluding steroid dienone is 1. The Morgan fingerprint density at radius 1 is 1.18 bits per heavy atom. The van der Waals surface area contributed by atoms with Crippen molar-refractivity contribution in [1.29, 1.82) is 0 Å². The van der Waals surface area contributed by atoms with E-state index in [0.717, 1.165) is 0 Å². The maximum absolute atomic E-state index is 17.2. The van der Waals surface area contributed by atoms with Gasteiger partial charge in [-0.25, -0.2) is 17.6 Å². The SMILES string of the molecule is CC1(C)O[C@@H]2C[C@H]3[C@@H]4C[C@H](F)C5=CC(=O)CC[C@]5(C)[C@@]4(F)[C@@H](O)C[C@]3(C)[C@]2(C(=O)C(F)F)O1. The molecule has 184 valence electrons. The summed E-state index contributed by atoms with van der Waals surface area (Å²) in [5, 5.41) is 11.3. The van der Waals surface area contributed by atoms with Crippen LogP contribution in [0.1, 0.15) is 59.8 Å². The van der Waals surface area contributed by atoms with Crippen LogP contribution in [-0.2, 0) is 19.1 Å². The van der Waals surface area contributed by atoms with Crippen LogP contribution in [0.25, 0.3) is 0 Å². The summed E-state index contributed by atoms with van der Waals surface area (Å²) in [5.74, 6) is -4.82. The molecule has 3 saturated carbocycles. The van der Waals surface area contributed by atoms with Gasteiger partial charge in [0.1, 0.15) is 11.8 Å². The normalized spacial score (nSPS) is 52.6. The van der Waals surface area contributed by atoms with Crippen LogP contribution in [0.3, 0.4) is 0 Å². The Hall–Kier alpha value is -1.32. The zero-order chi connectivity index (χ0) is 24.4. The van der Waals surface area contributed by atoms with Gasteiger partial charge in [0.25, 0.3) is 6.43 Å². The molecule has 0 unspecified atom stereocenters. The Kier molecular flexibility index (Phi) is 4.73. The second-order valence-electron chi connectivity index (χ2n) is 11.5. The molecule has 0 aromatic rings. The monoisotopic (exact) mass is 474 g/mol. The number of carbonyl (C=O) groups excluding carboxylic acids is 2. The lowest BCUT2D eigenvalue weighted by molar-refractivity contribution is -0.256. The van der Waals surface area contributed by atoms with Gasteiger partial charge in [-0.2, -0.15) is 0 Å². The van der Waals surface area contributed by atoms with Crippen molar-refractivity contribution in [2.75, 3.05) is 0 Å². The molecule has 0 radical (unpaired) electrons. The number of fused-ring (bicyclic) bond motifs is 7. The summed E-state index contributed by atoms with van der Waals surface area (Å²) < 4.78 is 72.2. The molecule has 1 saturated heterocycles. The molecular weight excluding hydrogens is 444 g/mol. The van der Waals surface area contributed by atoms with Gasteiger partial charge in [-0.15, -0.1) is 0 Å². The van der Waals surface area contributed by atoms with Crippen molar-refractivity contribution in [2.24, 2.45) is 22.7 Å². The second-order valence-corrected chi connectivity index (χ2v) is 11.5. The van der Waals surface area contributed by atoms with Gasteiger partial charge in [-0.1, -0.05) is 13.8 Å². The summed E-state index contributed by atoms with van der Waals surface area (Å²) in [6.07, 6.45) is -6.99. The smallest absolute Gasteiger partial charge is 0.299 e. The van der Waals surface area contributed by atoms with Gasteiger partial charge in [-0.05, 0) is 57.1 Å². The molecule has 0 spiro atoms. The first kappa shape index (κ1) is 23.4. The van der Waals surface area contributed by atoms with Crippen molar-refractivity contribution >= 4 is 11.6 Å². The van der Waals surface area contributed by atoms with E-state index in [2.05, 4.69) is 0 Å². The summed E-state index contributed by atoms with van der Waals surface area (Å²) >= 11 is 0. The summed E-state index contributed by atoms with van der Waals surface area (Å²) in [6, 6.07) is 0. The van der Waals surface area contributed by atoms with Gasteiger partial charge in [-0.3, -0.25) is 9.59 Å². The van der Waals surface area contributed by atoms with Gasteiger partial charge in [0.05, 0.1) is 12.2 Å². The predicted molar refractivity (Wildman–Crippen MR) is 108 cm³/mol. The fourth-order valence-corrected chi connectivity index (χ4v) is 8.26. The number of rotatable bonds is 2. The third kappa shape index (κ3) is 2.59. The topological polar surface area (TPSA) is 72.8 Å². The Bertz CT molecular complexity index is 951. The van der Waals surface area contributed by atoms with E-state index in [1.54, 1.807) is 13.8 Å². The summed E-state index contributed by atoms with van der Waals surface area (Å²) in [5.41, 5.74) is -7.09. The number of ketones is 2. The number of Topliss-reactive ketones (excluding diaryl/α,β-unsaturated/α-hetero) is 1. The zero-order valence-corrected chi connectivity index (χ0v) is 19.2. The van der Waals surface area contributed by atoms with Crippen molar-refractivity contribution in [2.45, 2.75) is 102 Å². The highest BCUT2D eigenvalue weighted by molar-refractivity contribution is 5.93. The molecule has 4 fully saturated rings. The number of carbonyl (C=O) groups is 2. The largest absolute Gasteiger partial charge is 0.390 e. The van der Waals surface area contributed by atoms with Gasteiger partial charge < -0.3 is 14.6 Å². The highest BCUT2D eigenvalue weighted by Crippen LogP contribution is 2.73. The maximum Gasteiger partial charge on any atom is 0.299 e. The Morgan fingerprint density at radius 3 is 2.48 bits per heavy atom. The molecule has 9 atom stereocenters. The van der Waals surface area contributed by atoms with Crippen LogP contribution >= 0.6 is 0 Å². The molecule has 0 aromatic carbocycles. The first-order valence-electron chi connectivity index (χ1n) is 11.6. The van der Waals surface area contributed by atoms with Crippen molar-refractivity contribution in [3.63, 3.8) is 0 Å². The standard InChI is InChI=1S/C24H30F4O5/c1-20(2)32-17-9-12-13-8-15(25)14-7-11(29)5-6-21(14,3)23(13,28)16(30)10-22(12,4)24(17,33-20)18(31)19(26)27/h7,12-13,15-17,19,30H,5-6,8-10H2,1-4H3/t12-,13-,15-,16-,17+,21-,22-,23-,24-/m0/s1. The highest BCUT2D eigenvalue weighted by atomic mass is 19.3. The van der Waals surface area contributed by atoms with Gasteiger partial charge in [0, 0.05) is 23.2 Å². The molecule has 1 heterocycles. The number of alkyl halides is 4. The Balaban J connectivity index is 1.66. The van der Waals surface area contributed by atoms with Crippen LogP contribution in [0.2, 0.25) is 0 Å². The minimum Gasteiger partial charge on any atom is -0.390 e. The quantitative estimate of drug-likeness (QED) is 0.616. The molecule has 5 nitrogen and oxygen atoms in total. The molecule has 33 heavy (non-hydrogen) atoms. The van der Waals surface area contributed by atoms with E-state index in [4.69, 9.17) is 9.47 Å². The van der Waals surface area contributed by atoms with E-state index in [0.29, 0.717) is 0 Å². The van der Waals surface area contributed by atoms with Crippen molar-refractivity contribution in [1.82, 2.24) is 0 Å². The molecule has 1 aliphatic heterocycles. The van der Waals surface area contributed by atoms with Gasteiger partial charge in [0.15, 0.2) is 17.2 Å². The fraction of sp³-hybridized carbons (Fsp3) is 0.833. The van der Waals surface area contributed by atoms with Gasteiger partial charge >= 0.3 is 0 Å². The number of hydrogen-bond donors (Lipinski definition) is 1. The van der Waals surface area contributed by atoms with E-state index < -0.39 is 70.3 Å². The van der Waals surface area contributed by atoms with Crippen LogP contribution < -0.4 is 0 Å². The van der Waals surface area contributed by atoms with E-state index >= 15 is 8.78 Å². The molecule has 1 N–H and O–H groups in total. The van der Waals surface area contributed by atoms with E-state index in [1.165, 1.54) is 19.9 Å². The Morgan fingerprint density at radius 2 is 1.85 bits per heavy atom. The third-order valence-corrected chi connectivity index (χ3v) is 9.58. The second kappa shape index (κ2) is 6.66. The lowest BCUT2D eigenvalue weighted by Crippen LogP contribution is -2.71. The number of aliphatic hydroxyl groups is 1. The molecule has 0 amide bonds. The van der Waals surface area contributed by atoms with Crippen LogP contribution in [0.5, 0.6) is 0 Å². The van der Waals surface area contributed by atoms with Crippen LogP contribution in [0, 0.1) is 22.7 Å². The summed E-state index contributed by atoms with van der Waals surface area (Å²) in [4.78, 5) is 25.0. The van der Waals surface area contributed by atoms with Crippen molar-refractivity contribution in [3.8, 4) is 0 Å². The molecule has 5 aliphatic rings. The summed E-state index contributed by atoms with van der Waals surface area (Å²) in [7, 11) is 0. The maximum atomic E-state index is 17.2. The van der Waals surface area contributed by atoms with E-state index in [1.807, 2.05) is 0 Å². The van der Waals surface area contributed by atoms with E-state index in [-0.39, 0.29) is 43.5 Å². The number of halogens is 4.